The molecule has 2 fully saturated rings. The van der Waals surface area contributed by atoms with Gasteiger partial charge >= 0.3 is 0 Å². The summed E-state index contributed by atoms with van der Waals surface area (Å²) in [5, 5.41) is 3.75. The summed E-state index contributed by atoms with van der Waals surface area (Å²) >= 11 is 0. The Hall–Kier alpha value is -0.0800. The van der Waals surface area contributed by atoms with Crippen LogP contribution in [0.15, 0.2) is 0 Å². The van der Waals surface area contributed by atoms with E-state index in [-0.39, 0.29) is 0 Å². The fourth-order valence-corrected chi connectivity index (χ4v) is 3.77. The van der Waals surface area contributed by atoms with Gasteiger partial charge in [-0.25, -0.2) is 0 Å². The standard InChI is InChI=1S/C15H29NO/c1-3-16-15(10-13-6-4-5-7-13)14-8-9-17-11-12(14)2/h12-16H,3-11H2,1-2H3. The van der Waals surface area contributed by atoms with Gasteiger partial charge in [-0.3, -0.25) is 0 Å². The molecule has 0 aromatic heterocycles. The normalized spacial score (nSPS) is 32.8. The zero-order valence-corrected chi connectivity index (χ0v) is 11.6. The quantitative estimate of drug-likeness (QED) is 0.795. The monoisotopic (exact) mass is 239 g/mol. The Bertz CT molecular complexity index is 213. The van der Waals surface area contributed by atoms with Crippen LogP contribution in [0.1, 0.15) is 52.4 Å². The Morgan fingerprint density at radius 1 is 1.24 bits per heavy atom. The highest BCUT2D eigenvalue weighted by Crippen LogP contribution is 2.33. The molecule has 3 unspecified atom stereocenters. The summed E-state index contributed by atoms with van der Waals surface area (Å²) in [5.74, 6) is 2.56. The highest BCUT2D eigenvalue weighted by molar-refractivity contribution is 4.85. The fraction of sp³-hybridized carbons (Fsp3) is 1.00. The highest BCUT2D eigenvalue weighted by Gasteiger charge is 2.31. The van der Waals surface area contributed by atoms with Gasteiger partial charge in [-0.15, -0.1) is 0 Å². The van der Waals surface area contributed by atoms with Gasteiger partial charge in [0.2, 0.25) is 0 Å². The maximum atomic E-state index is 5.58. The van der Waals surface area contributed by atoms with Gasteiger partial charge in [0.15, 0.2) is 0 Å². The third kappa shape index (κ3) is 3.69. The van der Waals surface area contributed by atoms with Crippen LogP contribution < -0.4 is 5.32 Å². The van der Waals surface area contributed by atoms with Gasteiger partial charge in [-0.1, -0.05) is 39.5 Å². The van der Waals surface area contributed by atoms with Gasteiger partial charge in [0.1, 0.15) is 0 Å². The van der Waals surface area contributed by atoms with Crippen LogP contribution in [0.3, 0.4) is 0 Å². The molecule has 0 amide bonds. The molecule has 17 heavy (non-hydrogen) atoms. The zero-order valence-electron chi connectivity index (χ0n) is 11.6. The smallest absolute Gasteiger partial charge is 0.0494 e. The lowest BCUT2D eigenvalue weighted by molar-refractivity contribution is 0.00793. The van der Waals surface area contributed by atoms with E-state index >= 15 is 0 Å². The Morgan fingerprint density at radius 2 is 2.00 bits per heavy atom. The lowest BCUT2D eigenvalue weighted by atomic mass is 9.79. The van der Waals surface area contributed by atoms with Crippen LogP contribution in [0, 0.1) is 17.8 Å². The fourth-order valence-electron chi connectivity index (χ4n) is 3.77. The summed E-state index contributed by atoms with van der Waals surface area (Å²) in [4.78, 5) is 0. The first-order valence-corrected chi connectivity index (χ1v) is 7.62. The van der Waals surface area contributed by atoms with E-state index in [0.29, 0.717) is 0 Å². The topological polar surface area (TPSA) is 21.3 Å². The first-order valence-electron chi connectivity index (χ1n) is 7.62. The van der Waals surface area contributed by atoms with Crippen LogP contribution in [0.25, 0.3) is 0 Å². The van der Waals surface area contributed by atoms with Crippen LogP contribution >= 0.6 is 0 Å². The summed E-state index contributed by atoms with van der Waals surface area (Å²) in [6, 6.07) is 0.738. The van der Waals surface area contributed by atoms with E-state index in [1.54, 1.807) is 0 Å². The molecule has 3 atom stereocenters. The first-order chi connectivity index (χ1) is 8.31. The molecule has 1 saturated heterocycles. The van der Waals surface area contributed by atoms with Crippen molar-refractivity contribution in [3.63, 3.8) is 0 Å². The Balaban J connectivity index is 1.89. The average molecular weight is 239 g/mol. The average Bonchev–Trinajstić information content (AvgIpc) is 2.82. The molecule has 1 aliphatic carbocycles. The van der Waals surface area contributed by atoms with E-state index in [1.165, 1.54) is 38.5 Å². The molecule has 0 bridgehead atoms. The molecule has 2 rings (SSSR count). The second-order valence-corrected chi connectivity index (χ2v) is 6.06. The van der Waals surface area contributed by atoms with Crippen molar-refractivity contribution in [1.82, 2.24) is 5.32 Å². The summed E-state index contributed by atoms with van der Waals surface area (Å²) < 4.78 is 5.58. The molecule has 0 spiro atoms. The third-order valence-electron chi connectivity index (χ3n) is 4.75. The molecule has 100 valence electrons. The van der Waals surface area contributed by atoms with Crippen molar-refractivity contribution in [2.45, 2.75) is 58.4 Å². The van der Waals surface area contributed by atoms with Crippen molar-refractivity contribution < 1.29 is 4.74 Å². The van der Waals surface area contributed by atoms with Crippen LogP contribution in [0.4, 0.5) is 0 Å². The summed E-state index contributed by atoms with van der Waals surface area (Å²) in [6.07, 6.45) is 8.53. The van der Waals surface area contributed by atoms with Crippen LogP contribution in [-0.2, 0) is 4.74 Å². The van der Waals surface area contributed by atoms with E-state index in [4.69, 9.17) is 4.74 Å². The van der Waals surface area contributed by atoms with Gasteiger partial charge in [0, 0.05) is 19.3 Å². The van der Waals surface area contributed by atoms with Crippen LogP contribution in [0.2, 0.25) is 0 Å². The second-order valence-electron chi connectivity index (χ2n) is 6.06. The Kier molecular flexibility index (Phi) is 5.30. The molecule has 2 nitrogen and oxygen atoms in total. The highest BCUT2D eigenvalue weighted by atomic mass is 16.5. The number of rotatable bonds is 5. The minimum Gasteiger partial charge on any atom is -0.381 e. The van der Waals surface area contributed by atoms with Gasteiger partial charge in [0.25, 0.3) is 0 Å². The molecule has 2 aliphatic rings. The summed E-state index contributed by atoms with van der Waals surface area (Å²) in [7, 11) is 0. The Labute approximate surface area is 107 Å². The molecule has 0 aromatic carbocycles. The maximum absolute atomic E-state index is 5.58. The minimum atomic E-state index is 0.731. The van der Waals surface area contributed by atoms with Crippen LogP contribution in [-0.4, -0.2) is 25.8 Å². The predicted molar refractivity (Wildman–Crippen MR) is 72.1 cm³/mol. The largest absolute Gasteiger partial charge is 0.381 e. The van der Waals surface area contributed by atoms with Gasteiger partial charge < -0.3 is 10.1 Å². The van der Waals surface area contributed by atoms with Crippen molar-refractivity contribution in [3.8, 4) is 0 Å². The molecule has 1 aliphatic heterocycles. The maximum Gasteiger partial charge on any atom is 0.0494 e. The molecule has 2 heteroatoms. The van der Waals surface area contributed by atoms with E-state index in [1.807, 2.05) is 0 Å². The first kappa shape index (κ1) is 13.4. The third-order valence-corrected chi connectivity index (χ3v) is 4.75. The van der Waals surface area contributed by atoms with Crippen LogP contribution in [0.5, 0.6) is 0 Å². The van der Waals surface area contributed by atoms with E-state index in [2.05, 4.69) is 19.2 Å². The molecular formula is C15H29NO. The molecule has 1 heterocycles. The number of hydrogen-bond donors (Lipinski definition) is 1. The zero-order chi connectivity index (χ0) is 12.1. The minimum absolute atomic E-state index is 0.731. The molecular weight excluding hydrogens is 210 g/mol. The van der Waals surface area contributed by atoms with Crippen molar-refractivity contribution >= 4 is 0 Å². The predicted octanol–water partition coefficient (Wildman–Crippen LogP) is 3.22. The lowest BCUT2D eigenvalue weighted by Crippen LogP contribution is -2.43. The summed E-state index contributed by atoms with van der Waals surface area (Å²) in [6.45, 7) is 7.66. The molecule has 0 aromatic rings. The van der Waals surface area contributed by atoms with E-state index in [0.717, 1.165) is 43.6 Å². The summed E-state index contributed by atoms with van der Waals surface area (Å²) in [5.41, 5.74) is 0. The number of hydrogen-bond acceptors (Lipinski definition) is 2. The number of nitrogens with one attached hydrogen (secondary N) is 1. The van der Waals surface area contributed by atoms with Gasteiger partial charge in [0.05, 0.1) is 0 Å². The van der Waals surface area contributed by atoms with Crippen molar-refractivity contribution in [2.75, 3.05) is 19.8 Å². The SMILES string of the molecule is CCNC(CC1CCCC1)C1CCOCC1C. The van der Waals surface area contributed by atoms with Crippen molar-refractivity contribution in [2.24, 2.45) is 17.8 Å². The molecule has 0 radical (unpaired) electrons. The molecule has 1 N–H and O–H groups in total. The van der Waals surface area contributed by atoms with Gasteiger partial charge in [-0.2, -0.15) is 0 Å². The van der Waals surface area contributed by atoms with E-state index in [9.17, 15) is 0 Å². The second kappa shape index (κ2) is 6.75. The molecule has 1 saturated carbocycles. The lowest BCUT2D eigenvalue weighted by Gasteiger charge is -2.37. The van der Waals surface area contributed by atoms with Crippen molar-refractivity contribution in [3.05, 3.63) is 0 Å². The number of ether oxygens (including phenoxy) is 1. The Morgan fingerprint density at radius 3 is 2.65 bits per heavy atom. The van der Waals surface area contributed by atoms with E-state index < -0.39 is 0 Å². The van der Waals surface area contributed by atoms with Gasteiger partial charge in [-0.05, 0) is 37.1 Å². The van der Waals surface area contributed by atoms with Crippen molar-refractivity contribution in [1.29, 1.82) is 0 Å².